The largest absolute Gasteiger partial charge is 0.493 e. The fraction of sp³-hybridized carbons (Fsp3) is 0.429. The van der Waals surface area contributed by atoms with Gasteiger partial charge in [0.1, 0.15) is 6.61 Å². The Labute approximate surface area is 158 Å². The Balaban J connectivity index is 0.00000312. The van der Waals surface area contributed by atoms with Crippen LogP contribution in [0.15, 0.2) is 42.5 Å². The third-order valence-corrected chi connectivity index (χ3v) is 4.16. The van der Waals surface area contributed by atoms with Crippen molar-refractivity contribution in [2.75, 3.05) is 13.7 Å². The summed E-state index contributed by atoms with van der Waals surface area (Å²) in [6.07, 6.45) is 3.76. The molecule has 0 radical (unpaired) electrons. The predicted octanol–water partition coefficient (Wildman–Crippen LogP) is 5.28. The molecule has 4 heteroatoms. The number of halogens is 1. The van der Waals surface area contributed by atoms with Gasteiger partial charge >= 0.3 is 0 Å². The second kappa shape index (κ2) is 11.8. The van der Waals surface area contributed by atoms with Gasteiger partial charge in [-0.3, -0.25) is 0 Å². The van der Waals surface area contributed by atoms with E-state index in [1.54, 1.807) is 7.11 Å². The van der Waals surface area contributed by atoms with Crippen LogP contribution in [0.5, 0.6) is 11.5 Å². The summed E-state index contributed by atoms with van der Waals surface area (Å²) >= 11 is 0. The standard InChI is InChI=1S/C21H29NO2.ClH/c1-4-5-8-13-22-15-18-11-12-20(21(14-18)23-3)24-16-19-10-7-6-9-17(19)2;/h6-7,9-12,14,22H,4-5,8,13,15-16H2,1-3H3;1H. The van der Waals surface area contributed by atoms with Crippen molar-refractivity contribution in [3.63, 3.8) is 0 Å². The third-order valence-electron chi connectivity index (χ3n) is 4.16. The zero-order valence-corrected chi connectivity index (χ0v) is 16.3. The van der Waals surface area contributed by atoms with E-state index in [1.165, 1.54) is 36.0 Å². The fourth-order valence-electron chi connectivity index (χ4n) is 2.60. The first kappa shape index (κ1) is 21.3. The Morgan fingerprint density at radius 1 is 1.00 bits per heavy atom. The van der Waals surface area contributed by atoms with Gasteiger partial charge in [0.25, 0.3) is 0 Å². The number of rotatable bonds is 10. The minimum absolute atomic E-state index is 0. The van der Waals surface area contributed by atoms with Gasteiger partial charge in [-0.05, 0) is 48.7 Å². The molecule has 138 valence electrons. The second-order valence-corrected chi connectivity index (χ2v) is 6.08. The number of nitrogens with one attached hydrogen (secondary N) is 1. The molecule has 2 rings (SSSR count). The average molecular weight is 364 g/mol. The lowest BCUT2D eigenvalue weighted by molar-refractivity contribution is 0.283. The lowest BCUT2D eigenvalue weighted by Crippen LogP contribution is -2.14. The predicted molar refractivity (Wildman–Crippen MR) is 107 cm³/mol. The molecule has 2 aromatic rings. The Kier molecular flexibility index (Phi) is 10.0. The molecule has 0 aliphatic carbocycles. The van der Waals surface area contributed by atoms with Crippen molar-refractivity contribution in [1.29, 1.82) is 0 Å². The molecule has 0 atom stereocenters. The summed E-state index contributed by atoms with van der Waals surface area (Å²) in [6, 6.07) is 14.4. The van der Waals surface area contributed by atoms with Gasteiger partial charge in [0.15, 0.2) is 11.5 Å². The molecule has 0 bridgehead atoms. The quantitative estimate of drug-likeness (QED) is 0.582. The monoisotopic (exact) mass is 363 g/mol. The normalized spacial score (nSPS) is 10.2. The highest BCUT2D eigenvalue weighted by Crippen LogP contribution is 2.29. The molecular weight excluding hydrogens is 334 g/mol. The third kappa shape index (κ3) is 6.97. The average Bonchev–Trinajstić information content (AvgIpc) is 2.61. The molecule has 1 N–H and O–H groups in total. The van der Waals surface area contributed by atoms with Crippen LogP contribution in [0.2, 0.25) is 0 Å². The van der Waals surface area contributed by atoms with Crippen molar-refractivity contribution < 1.29 is 9.47 Å². The van der Waals surface area contributed by atoms with E-state index in [-0.39, 0.29) is 12.4 Å². The summed E-state index contributed by atoms with van der Waals surface area (Å²) in [7, 11) is 1.69. The lowest BCUT2D eigenvalue weighted by atomic mass is 10.1. The number of methoxy groups -OCH3 is 1. The van der Waals surface area contributed by atoms with Gasteiger partial charge in [-0.25, -0.2) is 0 Å². The maximum atomic E-state index is 5.96. The van der Waals surface area contributed by atoms with Crippen LogP contribution < -0.4 is 14.8 Å². The van der Waals surface area contributed by atoms with Crippen LogP contribution >= 0.6 is 12.4 Å². The minimum atomic E-state index is 0. The number of unbranched alkanes of at least 4 members (excludes halogenated alkanes) is 2. The summed E-state index contributed by atoms with van der Waals surface area (Å²) in [5.74, 6) is 1.58. The van der Waals surface area contributed by atoms with Crippen molar-refractivity contribution in [3.05, 3.63) is 59.2 Å². The number of benzene rings is 2. The number of hydrogen-bond donors (Lipinski definition) is 1. The molecule has 0 fully saturated rings. The van der Waals surface area contributed by atoms with Crippen molar-refractivity contribution in [1.82, 2.24) is 5.32 Å². The molecule has 0 saturated heterocycles. The van der Waals surface area contributed by atoms with Crippen molar-refractivity contribution >= 4 is 12.4 Å². The summed E-state index contributed by atoms with van der Waals surface area (Å²) in [5.41, 5.74) is 3.65. The van der Waals surface area contributed by atoms with E-state index < -0.39 is 0 Å². The van der Waals surface area contributed by atoms with Crippen LogP contribution in [0.3, 0.4) is 0 Å². The first-order chi connectivity index (χ1) is 11.7. The number of aryl methyl sites for hydroxylation is 1. The molecule has 3 nitrogen and oxygen atoms in total. The molecular formula is C21H30ClNO2. The highest BCUT2D eigenvalue weighted by atomic mass is 35.5. The summed E-state index contributed by atoms with van der Waals surface area (Å²) in [4.78, 5) is 0. The maximum Gasteiger partial charge on any atom is 0.161 e. The van der Waals surface area contributed by atoms with Crippen molar-refractivity contribution in [2.24, 2.45) is 0 Å². The van der Waals surface area contributed by atoms with E-state index in [9.17, 15) is 0 Å². The summed E-state index contributed by atoms with van der Waals surface area (Å²) < 4.78 is 11.5. The van der Waals surface area contributed by atoms with Gasteiger partial charge in [0, 0.05) is 6.54 Å². The van der Waals surface area contributed by atoms with E-state index in [4.69, 9.17) is 9.47 Å². The number of hydrogen-bond acceptors (Lipinski definition) is 3. The fourth-order valence-corrected chi connectivity index (χ4v) is 2.60. The molecule has 0 aliphatic heterocycles. The number of ether oxygens (including phenoxy) is 2. The second-order valence-electron chi connectivity index (χ2n) is 6.08. The molecule has 25 heavy (non-hydrogen) atoms. The van der Waals surface area contributed by atoms with E-state index in [2.05, 4.69) is 43.4 Å². The molecule has 0 saturated carbocycles. The van der Waals surface area contributed by atoms with Crippen LogP contribution in [-0.4, -0.2) is 13.7 Å². The smallest absolute Gasteiger partial charge is 0.161 e. The molecule has 0 aliphatic rings. The van der Waals surface area contributed by atoms with Gasteiger partial charge in [-0.2, -0.15) is 0 Å². The Morgan fingerprint density at radius 2 is 1.80 bits per heavy atom. The zero-order chi connectivity index (χ0) is 17.2. The van der Waals surface area contributed by atoms with E-state index in [1.807, 2.05) is 18.2 Å². The van der Waals surface area contributed by atoms with Gasteiger partial charge in [-0.15, -0.1) is 12.4 Å². The minimum Gasteiger partial charge on any atom is -0.493 e. The van der Waals surface area contributed by atoms with Crippen molar-refractivity contribution in [3.8, 4) is 11.5 Å². The first-order valence-corrected chi connectivity index (χ1v) is 8.79. The molecule has 0 spiro atoms. The molecule has 0 aromatic heterocycles. The van der Waals surface area contributed by atoms with Crippen molar-refractivity contribution in [2.45, 2.75) is 46.3 Å². The van der Waals surface area contributed by atoms with Crippen LogP contribution in [0.4, 0.5) is 0 Å². The van der Waals surface area contributed by atoms with E-state index >= 15 is 0 Å². The van der Waals surface area contributed by atoms with Gasteiger partial charge in [0.2, 0.25) is 0 Å². The van der Waals surface area contributed by atoms with E-state index in [0.29, 0.717) is 6.61 Å². The lowest BCUT2D eigenvalue weighted by Gasteiger charge is -2.13. The van der Waals surface area contributed by atoms with Crippen LogP contribution in [-0.2, 0) is 13.2 Å². The molecule has 0 heterocycles. The topological polar surface area (TPSA) is 30.5 Å². The van der Waals surface area contributed by atoms with Gasteiger partial charge < -0.3 is 14.8 Å². The van der Waals surface area contributed by atoms with Crippen LogP contribution in [0, 0.1) is 6.92 Å². The highest BCUT2D eigenvalue weighted by Gasteiger charge is 2.07. The SMILES string of the molecule is CCCCCNCc1ccc(OCc2ccccc2C)c(OC)c1.Cl. The van der Waals surface area contributed by atoms with Crippen LogP contribution in [0.25, 0.3) is 0 Å². The Morgan fingerprint density at radius 3 is 2.52 bits per heavy atom. The molecule has 0 unspecified atom stereocenters. The Hall–Kier alpha value is -1.71. The Bertz CT molecular complexity index is 631. The van der Waals surface area contributed by atoms with Crippen LogP contribution in [0.1, 0.15) is 42.9 Å². The van der Waals surface area contributed by atoms with Gasteiger partial charge in [0.05, 0.1) is 7.11 Å². The van der Waals surface area contributed by atoms with Gasteiger partial charge in [-0.1, -0.05) is 50.1 Å². The first-order valence-electron chi connectivity index (χ1n) is 8.79. The summed E-state index contributed by atoms with van der Waals surface area (Å²) in [6.45, 7) is 6.79. The van der Waals surface area contributed by atoms with E-state index in [0.717, 1.165) is 24.6 Å². The zero-order valence-electron chi connectivity index (χ0n) is 15.5. The summed E-state index contributed by atoms with van der Waals surface area (Å²) in [5, 5.41) is 3.48. The molecule has 2 aromatic carbocycles. The molecule has 0 amide bonds. The maximum absolute atomic E-state index is 5.96. The highest BCUT2D eigenvalue weighted by molar-refractivity contribution is 5.85.